The second-order valence-corrected chi connectivity index (χ2v) is 4.75. The molecule has 3 rings (SSSR count). The quantitative estimate of drug-likeness (QED) is 0.624. The van der Waals surface area contributed by atoms with Gasteiger partial charge in [-0.25, -0.2) is 14.6 Å². The third-order valence-electron chi connectivity index (χ3n) is 2.24. The highest BCUT2D eigenvalue weighted by Gasteiger charge is 2.08. The third-order valence-corrected chi connectivity index (χ3v) is 3.43. The van der Waals surface area contributed by atoms with Gasteiger partial charge in [0.05, 0.1) is 10.2 Å². The highest BCUT2D eigenvalue weighted by Crippen LogP contribution is 2.25. The predicted molar refractivity (Wildman–Crippen MR) is 64.3 cm³/mol. The Balaban J connectivity index is 2.23. The Morgan fingerprint density at radius 1 is 1.44 bits per heavy atom. The molecule has 0 unspecified atom stereocenters. The molecule has 0 amide bonds. The summed E-state index contributed by atoms with van der Waals surface area (Å²) in [6.07, 6.45) is 3.49. The van der Waals surface area contributed by atoms with E-state index in [0.717, 1.165) is 21.0 Å². The van der Waals surface area contributed by atoms with Crippen molar-refractivity contribution in [1.82, 2.24) is 19.7 Å². The van der Waals surface area contributed by atoms with Crippen LogP contribution in [0.4, 0.5) is 0 Å². The second-order valence-electron chi connectivity index (χ2n) is 3.36. The van der Waals surface area contributed by atoms with Crippen LogP contribution in [-0.4, -0.2) is 19.7 Å². The zero-order chi connectivity index (χ0) is 11.1. The van der Waals surface area contributed by atoms with Gasteiger partial charge < -0.3 is 0 Å². The molecule has 0 aliphatic heterocycles. The molecule has 3 aromatic heterocycles. The van der Waals surface area contributed by atoms with Crippen LogP contribution in [0.1, 0.15) is 5.69 Å². The summed E-state index contributed by atoms with van der Waals surface area (Å²) in [4.78, 5) is 8.50. The molecule has 0 atom stereocenters. The van der Waals surface area contributed by atoms with E-state index in [2.05, 4.69) is 15.1 Å². The van der Waals surface area contributed by atoms with Crippen molar-refractivity contribution in [2.24, 2.45) is 0 Å². The van der Waals surface area contributed by atoms with Crippen LogP contribution < -0.4 is 0 Å². The maximum atomic E-state index is 5.82. The maximum Gasteiger partial charge on any atom is 0.211 e. The highest BCUT2D eigenvalue weighted by atomic mass is 35.5. The summed E-state index contributed by atoms with van der Waals surface area (Å²) in [6.45, 7) is 1.99. The largest absolute Gasteiger partial charge is 0.243 e. The van der Waals surface area contributed by atoms with Crippen molar-refractivity contribution >= 4 is 33.2 Å². The van der Waals surface area contributed by atoms with E-state index in [9.17, 15) is 0 Å². The number of pyridine rings is 1. The summed E-state index contributed by atoms with van der Waals surface area (Å²) >= 11 is 7.36. The lowest BCUT2D eigenvalue weighted by atomic mass is 10.4. The van der Waals surface area contributed by atoms with E-state index in [1.165, 1.54) is 0 Å². The lowest BCUT2D eigenvalue weighted by Crippen LogP contribution is -1.96. The van der Waals surface area contributed by atoms with Gasteiger partial charge in [0, 0.05) is 24.2 Å². The highest BCUT2D eigenvalue weighted by molar-refractivity contribution is 7.20. The van der Waals surface area contributed by atoms with Crippen LogP contribution in [0.15, 0.2) is 24.5 Å². The van der Waals surface area contributed by atoms with Gasteiger partial charge in [0.2, 0.25) is 5.13 Å². The topological polar surface area (TPSA) is 43.6 Å². The van der Waals surface area contributed by atoms with E-state index < -0.39 is 0 Å². The molecule has 16 heavy (non-hydrogen) atoms. The van der Waals surface area contributed by atoms with Gasteiger partial charge in [0.1, 0.15) is 5.15 Å². The Hall–Kier alpha value is -1.46. The van der Waals surface area contributed by atoms with Crippen molar-refractivity contribution in [3.63, 3.8) is 0 Å². The first-order valence-corrected chi connectivity index (χ1v) is 5.86. The van der Waals surface area contributed by atoms with Gasteiger partial charge in [0.15, 0.2) is 0 Å². The van der Waals surface area contributed by atoms with Crippen molar-refractivity contribution < 1.29 is 0 Å². The molecule has 0 bridgehead atoms. The number of thiazole rings is 1. The number of aromatic nitrogens is 4. The Labute approximate surface area is 101 Å². The lowest BCUT2D eigenvalue weighted by Gasteiger charge is -1.96. The summed E-state index contributed by atoms with van der Waals surface area (Å²) in [6, 6.07) is 3.70. The van der Waals surface area contributed by atoms with E-state index in [1.807, 2.05) is 13.0 Å². The summed E-state index contributed by atoms with van der Waals surface area (Å²) in [5.41, 5.74) is 1.91. The Morgan fingerprint density at radius 2 is 2.31 bits per heavy atom. The number of hydrogen-bond acceptors (Lipinski definition) is 4. The van der Waals surface area contributed by atoms with Crippen LogP contribution in [0.25, 0.3) is 15.3 Å². The van der Waals surface area contributed by atoms with Gasteiger partial charge in [0.25, 0.3) is 0 Å². The molecule has 0 N–H and O–H groups in total. The first kappa shape index (κ1) is 9.74. The minimum absolute atomic E-state index is 0.460. The second kappa shape index (κ2) is 3.54. The molecule has 0 spiro atoms. The molecule has 0 fully saturated rings. The zero-order valence-electron chi connectivity index (χ0n) is 8.38. The number of hydrogen-bond donors (Lipinski definition) is 0. The van der Waals surface area contributed by atoms with Crippen LogP contribution in [0.2, 0.25) is 5.15 Å². The van der Waals surface area contributed by atoms with Gasteiger partial charge >= 0.3 is 0 Å². The van der Waals surface area contributed by atoms with Crippen molar-refractivity contribution in [1.29, 1.82) is 0 Å². The standard InChI is InChI=1S/C10H7ClN4S/c1-6-2-3-13-15(6)10-14-7-4-9(11)12-5-8(7)16-10/h2-5H,1H3. The predicted octanol–water partition coefficient (Wildman–Crippen LogP) is 2.84. The molecule has 0 saturated heterocycles. The molecule has 0 saturated carbocycles. The average molecular weight is 251 g/mol. The summed E-state index contributed by atoms with van der Waals surface area (Å²) in [7, 11) is 0. The minimum Gasteiger partial charge on any atom is -0.243 e. The number of halogens is 1. The fourth-order valence-electron chi connectivity index (χ4n) is 1.46. The summed E-state index contributed by atoms with van der Waals surface area (Å²) in [5.74, 6) is 0. The van der Waals surface area contributed by atoms with E-state index in [4.69, 9.17) is 11.6 Å². The number of aryl methyl sites for hydroxylation is 1. The number of rotatable bonds is 1. The first-order valence-electron chi connectivity index (χ1n) is 4.67. The third kappa shape index (κ3) is 1.48. The van der Waals surface area contributed by atoms with E-state index in [0.29, 0.717) is 5.15 Å². The smallest absolute Gasteiger partial charge is 0.211 e. The molecule has 6 heteroatoms. The van der Waals surface area contributed by atoms with Crippen LogP contribution in [-0.2, 0) is 0 Å². The average Bonchev–Trinajstić information content (AvgIpc) is 2.82. The normalized spacial score (nSPS) is 11.1. The molecule has 0 aliphatic rings. The fourth-order valence-corrected chi connectivity index (χ4v) is 2.54. The molecule has 3 heterocycles. The Bertz CT molecular complexity index is 658. The molecular formula is C10H7ClN4S. The van der Waals surface area contributed by atoms with E-state index in [1.54, 1.807) is 34.5 Å². The Morgan fingerprint density at radius 3 is 3.06 bits per heavy atom. The van der Waals surface area contributed by atoms with Crippen LogP contribution in [0.5, 0.6) is 0 Å². The minimum atomic E-state index is 0.460. The fraction of sp³-hybridized carbons (Fsp3) is 0.100. The van der Waals surface area contributed by atoms with E-state index >= 15 is 0 Å². The molecule has 0 aliphatic carbocycles. The lowest BCUT2D eigenvalue weighted by molar-refractivity contribution is 0.840. The maximum absolute atomic E-state index is 5.82. The van der Waals surface area contributed by atoms with Crippen LogP contribution >= 0.6 is 22.9 Å². The van der Waals surface area contributed by atoms with Crippen molar-refractivity contribution in [3.8, 4) is 5.13 Å². The molecule has 80 valence electrons. The molecule has 0 aromatic carbocycles. The zero-order valence-corrected chi connectivity index (χ0v) is 9.96. The molecule has 0 radical (unpaired) electrons. The summed E-state index contributed by atoms with van der Waals surface area (Å²) in [5, 5.41) is 5.51. The molecule has 3 aromatic rings. The van der Waals surface area contributed by atoms with Gasteiger partial charge in [-0.1, -0.05) is 22.9 Å². The SMILES string of the molecule is Cc1ccnn1-c1nc2cc(Cl)ncc2s1. The molecule has 4 nitrogen and oxygen atoms in total. The molecular weight excluding hydrogens is 244 g/mol. The van der Waals surface area contributed by atoms with Crippen molar-refractivity contribution in [2.45, 2.75) is 6.92 Å². The van der Waals surface area contributed by atoms with Gasteiger partial charge in [-0.05, 0) is 13.0 Å². The number of nitrogens with zero attached hydrogens (tertiary/aromatic N) is 4. The van der Waals surface area contributed by atoms with Crippen LogP contribution in [0.3, 0.4) is 0 Å². The summed E-state index contributed by atoms with van der Waals surface area (Å²) < 4.78 is 2.81. The van der Waals surface area contributed by atoms with Gasteiger partial charge in [-0.15, -0.1) is 0 Å². The number of fused-ring (bicyclic) bond motifs is 1. The van der Waals surface area contributed by atoms with Crippen molar-refractivity contribution in [2.75, 3.05) is 0 Å². The first-order chi connectivity index (χ1) is 7.74. The monoisotopic (exact) mass is 250 g/mol. The van der Waals surface area contributed by atoms with E-state index in [-0.39, 0.29) is 0 Å². The van der Waals surface area contributed by atoms with Crippen molar-refractivity contribution in [3.05, 3.63) is 35.4 Å². The Kier molecular flexibility index (Phi) is 2.15. The van der Waals surface area contributed by atoms with Gasteiger partial charge in [-0.3, -0.25) is 0 Å². The van der Waals surface area contributed by atoms with Crippen LogP contribution in [0, 0.1) is 6.92 Å². The van der Waals surface area contributed by atoms with Gasteiger partial charge in [-0.2, -0.15) is 5.10 Å².